The van der Waals surface area contributed by atoms with Crippen LogP contribution >= 0.6 is 0 Å². The van der Waals surface area contributed by atoms with Crippen LogP contribution in [0.4, 0.5) is 0 Å². The summed E-state index contributed by atoms with van der Waals surface area (Å²) >= 11 is 0. The van der Waals surface area contributed by atoms with Crippen molar-refractivity contribution in [3.8, 4) is 6.07 Å². The Labute approximate surface area is 146 Å². The third-order valence-corrected chi connectivity index (χ3v) is 3.73. The van der Waals surface area contributed by atoms with Crippen molar-refractivity contribution in [1.82, 2.24) is 14.7 Å². The van der Waals surface area contributed by atoms with Gasteiger partial charge in [0.05, 0.1) is 11.6 Å². The third-order valence-electron chi connectivity index (χ3n) is 3.73. The molecule has 1 aromatic carbocycles. The molecule has 2 heterocycles. The van der Waals surface area contributed by atoms with E-state index in [-0.39, 0.29) is 17.3 Å². The molecular formula is C18H20N4O3. The van der Waals surface area contributed by atoms with Gasteiger partial charge in [-0.05, 0) is 24.1 Å². The number of aromatic carboxylic acids is 1. The highest BCUT2D eigenvalue weighted by atomic mass is 16.4. The van der Waals surface area contributed by atoms with Gasteiger partial charge in [-0.2, -0.15) is 10.4 Å². The molecular weight excluding hydrogens is 320 g/mol. The average molecular weight is 340 g/mol. The Kier molecular flexibility index (Phi) is 5.90. The number of carbonyl (C=O) groups excluding carboxylic acids is 1. The summed E-state index contributed by atoms with van der Waals surface area (Å²) < 4.78 is 1.46. The highest BCUT2D eigenvalue weighted by Gasteiger charge is 2.26. The first-order valence-electron chi connectivity index (χ1n) is 8.18. The Morgan fingerprint density at radius 3 is 2.76 bits per heavy atom. The van der Waals surface area contributed by atoms with Gasteiger partial charge < -0.3 is 10.0 Å². The van der Waals surface area contributed by atoms with Gasteiger partial charge in [-0.1, -0.05) is 26.0 Å². The Balaban J connectivity index is 0.00000109. The molecule has 0 saturated carbocycles. The molecule has 0 radical (unpaired) electrons. The third kappa shape index (κ3) is 4.04. The number of benzene rings is 1. The summed E-state index contributed by atoms with van der Waals surface area (Å²) in [6.45, 7) is 5.44. The summed E-state index contributed by atoms with van der Waals surface area (Å²) in [6, 6.07) is 10.5. The van der Waals surface area contributed by atoms with E-state index >= 15 is 0 Å². The topological polar surface area (TPSA) is 99.2 Å². The number of hydrogen-bond acceptors (Lipinski definition) is 4. The smallest absolute Gasteiger partial charge is 0.356 e. The second-order valence-corrected chi connectivity index (χ2v) is 5.34. The van der Waals surface area contributed by atoms with Crippen molar-refractivity contribution in [2.45, 2.75) is 33.4 Å². The Hall–Kier alpha value is -3.14. The molecule has 0 aliphatic carbocycles. The lowest BCUT2D eigenvalue weighted by Gasteiger charge is -2.20. The van der Waals surface area contributed by atoms with Gasteiger partial charge in [-0.15, -0.1) is 0 Å². The van der Waals surface area contributed by atoms with Gasteiger partial charge >= 0.3 is 5.97 Å². The maximum atomic E-state index is 12.6. The van der Waals surface area contributed by atoms with Crippen LogP contribution in [0.1, 0.15) is 52.4 Å². The monoisotopic (exact) mass is 340 g/mol. The molecule has 25 heavy (non-hydrogen) atoms. The average Bonchev–Trinajstić information content (AvgIpc) is 3.01. The molecule has 3 rings (SSSR count). The number of hydrogen-bond donors (Lipinski definition) is 1. The van der Waals surface area contributed by atoms with E-state index in [1.807, 2.05) is 19.9 Å². The molecule has 1 N–H and O–H groups in total. The first kappa shape index (κ1) is 18.2. The molecule has 130 valence electrons. The van der Waals surface area contributed by atoms with Crippen molar-refractivity contribution in [3.63, 3.8) is 0 Å². The van der Waals surface area contributed by atoms with Crippen LogP contribution in [0.15, 0.2) is 30.3 Å². The molecule has 1 aromatic heterocycles. The number of rotatable bonds is 3. The summed E-state index contributed by atoms with van der Waals surface area (Å²) in [4.78, 5) is 25.3. The molecule has 0 unspecified atom stereocenters. The van der Waals surface area contributed by atoms with Crippen molar-refractivity contribution in [2.75, 3.05) is 6.54 Å². The molecule has 7 nitrogen and oxygen atoms in total. The highest BCUT2D eigenvalue weighted by molar-refractivity contribution is 5.95. The number of carbonyl (C=O) groups is 2. The summed E-state index contributed by atoms with van der Waals surface area (Å²) in [5, 5.41) is 21.9. The SMILES string of the molecule is CC.N#Cc1cccc(CN2CCCn3nc(C(=O)O)cc3C2=O)c1. The van der Waals surface area contributed by atoms with Crippen LogP contribution in [0.25, 0.3) is 0 Å². The number of carboxylic acids is 1. The minimum atomic E-state index is -1.15. The van der Waals surface area contributed by atoms with Crippen LogP contribution in [-0.2, 0) is 13.1 Å². The Bertz CT molecular complexity index is 820. The zero-order valence-electron chi connectivity index (χ0n) is 14.3. The molecule has 1 aliphatic heterocycles. The maximum absolute atomic E-state index is 12.6. The minimum absolute atomic E-state index is 0.123. The van der Waals surface area contributed by atoms with Gasteiger partial charge in [-0.25, -0.2) is 4.79 Å². The maximum Gasteiger partial charge on any atom is 0.356 e. The number of nitriles is 1. The lowest BCUT2D eigenvalue weighted by Crippen LogP contribution is -2.30. The Morgan fingerprint density at radius 2 is 2.08 bits per heavy atom. The highest BCUT2D eigenvalue weighted by Crippen LogP contribution is 2.17. The first-order chi connectivity index (χ1) is 12.1. The lowest BCUT2D eigenvalue weighted by molar-refractivity contribution is 0.0689. The molecule has 0 spiro atoms. The van der Waals surface area contributed by atoms with Gasteiger partial charge in [0.15, 0.2) is 5.69 Å². The summed E-state index contributed by atoms with van der Waals surface area (Å²) in [6.07, 6.45) is 0.692. The standard InChI is InChI=1S/C16H14N4O3.C2H6/c17-9-11-3-1-4-12(7-11)10-19-5-2-6-20-14(15(19)21)8-13(18-20)16(22)23;1-2/h1,3-4,7-8H,2,5-6,10H2,(H,22,23);1-2H3. The van der Waals surface area contributed by atoms with Crippen molar-refractivity contribution in [1.29, 1.82) is 5.26 Å². The van der Waals surface area contributed by atoms with E-state index in [9.17, 15) is 9.59 Å². The predicted molar refractivity (Wildman–Crippen MR) is 91.0 cm³/mol. The number of aromatic nitrogens is 2. The zero-order chi connectivity index (χ0) is 18.4. The quantitative estimate of drug-likeness (QED) is 0.925. The van der Waals surface area contributed by atoms with Crippen molar-refractivity contribution >= 4 is 11.9 Å². The molecule has 7 heteroatoms. The normalized spacial score (nSPS) is 13.2. The second kappa shape index (κ2) is 8.11. The summed E-state index contributed by atoms with van der Waals surface area (Å²) in [5.41, 5.74) is 1.57. The van der Waals surface area contributed by atoms with E-state index in [1.54, 1.807) is 23.1 Å². The molecule has 0 bridgehead atoms. The van der Waals surface area contributed by atoms with E-state index in [2.05, 4.69) is 11.2 Å². The lowest BCUT2D eigenvalue weighted by atomic mass is 10.1. The second-order valence-electron chi connectivity index (χ2n) is 5.34. The van der Waals surface area contributed by atoms with Crippen LogP contribution in [0.2, 0.25) is 0 Å². The number of nitrogens with zero attached hydrogens (tertiary/aromatic N) is 4. The van der Waals surface area contributed by atoms with E-state index in [0.29, 0.717) is 31.6 Å². The fourth-order valence-electron chi connectivity index (χ4n) is 2.65. The van der Waals surface area contributed by atoms with Crippen LogP contribution < -0.4 is 0 Å². The van der Waals surface area contributed by atoms with Gasteiger partial charge in [0, 0.05) is 25.7 Å². The van der Waals surface area contributed by atoms with Crippen LogP contribution in [0, 0.1) is 11.3 Å². The van der Waals surface area contributed by atoms with E-state index < -0.39 is 5.97 Å². The molecule has 1 aliphatic rings. The fraction of sp³-hybridized carbons (Fsp3) is 0.333. The molecule has 1 amide bonds. The zero-order valence-corrected chi connectivity index (χ0v) is 14.3. The molecule has 0 fully saturated rings. The number of amides is 1. The van der Waals surface area contributed by atoms with E-state index in [1.165, 1.54) is 10.7 Å². The van der Waals surface area contributed by atoms with Crippen LogP contribution in [-0.4, -0.2) is 38.2 Å². The minimum Gasteiger partial charge on any atom is -0.476 e. The van der Waals surface area contributed by atoms with Crippen LogP contribution in [0.5, 0.6) is 0 Å². The Morgan fingerprint density at radius 1 is 1.32 bits per heavy atom. The molecule has 0 atom stereocenters. The fourth-order valence-corrected chi connectivity index (χ4v) is 2.65. The van der Waals surface area contributed by atoms with E-state index in [0.717, 1.165) is 5.56 Å². The van der Waals surface area contributed by atoms with Crippen LogP contribution in [0.3, 0.4) is 0 Å². The van der Waals surface area contributed by atoms with Gasteiger partial charge in [0.2, 0.25) is 0 Å². The van der Waals surface area contributed by atoms with Crippen molar-refractivity contribution in [2.24, 2.45) is 0 Å². The van der Waals surface area contributed by atoms with Crippen molar-refractivity contribution in [3.05, 3.63) is 52.8 Å². The van der Waals surface area contributed by atoms with Crippen molar-refractivity contribution < 1.29 is 14.7 Å². The summed E-state index contributed by atoms with van der Waals surface area (Å²) in [5.74, 6) is -1.39. The molecule has 0 saturated heterocycles. The van der Waals surface area contributed by atoms with Gasteiger partial charge in [-0.3, -0.25) is 9.48 Å². The predicted octanol–water partition coefficient (Wildman–Crippen LogP) is 2.53. The van der Waals surface area contributed by atoms with Gasteiger partial charge in [0.1, 0.15) is 5.69 Å². The first-order valence-corrected chi connectivity index (χ1v) is 8.18. The molecule has 2 aromatic rings. The largest absolute Gasteiger partial charge is 0.476 e. The number of aryl methyl sites for hydroxylation is 1. The summed E-state index contributed by atoms with van der Waals surface area (Å²) in [7, 11) is 0. The van der Waals surface area contributed by atoms with E-state index in [4.69, 9.17) is 10.4 Å². The number of carboxylic acid groups (broad SMARTS) is 1. The number of fused-ring (bicyclic) bond motifs is 1. The van der Waals surface area contributed by atoms with Gasteiger partial charge in [0.25, 0.3) is 5.91 Å².